The number of benzene rings is 1. The molecule has 3 aromatic rings. The van der Waals surface area contributed by atoms with Gasteiger partial charge in [0.05, 0.1) is 11.5 Å². The molecule has 1 aliphatic rings. The van der Waals surface area contributed by atoms with E-state index < -0.39 is 42.8 Å². The first-order valence-corrected chi connectivity index (χ1v) is 13.1. The number of nitrogens with one attached hydrogen (secondary N) is 3. The summed E-state index contributed by atoms with van der Waals surface area (Å²) in [5.74, 6) is -2.50. The lowest BCUT2D eigenvalue weighted by Gasteiger charge is -2.20. The van der Waals surface area contributed by atoms with Gasteiger partial charge in [0.25, 0.3) is 11.5 Å². The van der Waals surface area contributed by atoms with E-state index >= 15 is 0 Å². The van der Waals surface area contributed by atoms with Crippen molar-refractivity contribution in [2.75, 3.05) is 5.73 Å². The van der Waals surface area contributed by atoms with Crippen LogP contribution in [0.1, 0.15) is 55.1 Å². The molecule has 1 aromatic carbocycles. The molecule has 1 aliphatic heterocycles. The molecule has 0 radical (unpaired) electrons. The fraction of sp³-hybridized carbons (Fsp3) is 0.444. The fourth-order valence-electron chi connectivity index (χ4n) is 4.19. The molecule has 4 rings (SSSR count). The smallest absolute Gasteiger partial charge is 0.330 e. The number of aliphatic carboxylic acids is 1. The molecule has 14 heteroatoms. The number of aromatic amines is 2. The summed E-state index contributed by atoms with van der Waals surface area (Å²) >= 11 is 0. The number of carboxylic acid groups (broad SMARTS) is 1. The van der Waals surface area contributed by atoms with Crippen molar-refractivity contribution in [3.63, 3.8) is 0 Å². The number of carbonyl (C=O) groups excluding carboxylic acids is 2. The summed E-state index contributed by atoms with van der Waals surface area (Å²) in [5.41, 5.74) is 7.64. The Hall–Kier alpha value is -4.27. The van der Waals surface area contributed by atoms with Crippen molar-refractivity contribution in [2.45, 2.75) is 77.5 Å². The number of carbonyl (C=O) groups is 3. The number of nitrogens with zero attached hydrogens (tertiary/aromatic N) is 1. The SMILES string of the molecule is CC(C)OC1OC1OC(C)OC(=O)[C@H](CCC(=O)O)NC(=O)c1ccc(CCc2c[nH]c3nc(N)[nH]c(=O)c23)cc1. The Balaban J connectivity index is 1.33. The summed E-state index contributed by atoms with van der Waals surface area (Å²) in [6.45, 7) is 5.17. The van der Waals surface area contributed by atoms with Gasteiger partial charge in [-0.3, -0.25) is 19.4 Å². The van der Waals surface area contributed by atoms with Gasteiger partial charge in [-0.25, -0.2) is 4.79 Å². The maximum atomic E-state index is 12.9. The van der Waals surface area contributed by atoms with E-state index in [1.165, 1.54) is 6.92 Å². The van der Waals surface area contributed by atoms with E-state index in [1.54, 1.807) is 30.5 Å². The number of hydrogen-bond donors (Lipinski definition) is 5. The second-order valence-electron chi connectivity index (χ2n) is 9.84. The van der Waals surface area contributed by atoms with Crippen molar-refractivity contribution in [1.82, 2.24) is 20.3 Å². The largest absolute Gasteiger partial charge is 0.481 e. The number of carboxylic acids is 1. The van der Waals surface area contributed by atoms with Crippen LogP contribution >= 0.6 is 0 Å². The molecule has 1 saturated heterocycles. The van der Waals surface area contributed by atoms with Crippen molar-refractivity contribution in [3.05, 3.63) is 57.5 Å². The van der Waals surface area contributed by atoms with Gasteiger partial charge < -0.3 is 40.1 Å². The summed E-state index contributed by atoms with van der Waals surface area (Å²) in [5, 5.41) is 12.1. The number of H-pyrrole nitrogens is 2. The number of fused-ring (bicyclic) bond motifs is 1. The van der Waals surface area contributed by atoms with Crippen molar-refractivity contribution in [3.8, 4) is 0 Å². The topological polar surface area (TPSA) is 211 Å². The maximum absolute atomic E-state index is 12.9. The molecule has 2 aromatic heterocycles. The monoisotopic (exact) mass is 571 g/mol. The number of ether oxygens (including phenoxy) is 4. The van der Waals surface area contributed by atoms with Gasteiger partial charge in [-0.1, -0.05) is 12.1 Å². The lowest BCUT2D eigenvalue weighted by Crippen LogP contribution is -2.43. The van der Waals surface area contributed by atoms with Crippen LogP contribution in [0.25, 0.3) is 11.0 Å². The second-order valence-corrected chi connectivity index (χ2v) is 9.84. The van der Waals surface area contributed by atoms with Gasteiger partial charge in [0.1, 0.15) is 11.7 Å². The van der Waals surface area contributed by atoms with Gasteiger partial charge >= 0.3 is 11.9 Å². The number of nitrogen functional groups attached to an aromatic ring is 1. The first kappa shape index (κ1) is 29.7. The molecule has 1 fully saturated rings. The van der Waals surface area contributed by atoms with E-state index in [9.17, 15) is 19.2 Å². The van der Waals surface area contributed by atoms with Gasteiger partial charge in [-0.05, 0) is 63.3 Å². The van der Waals surface area contributed by atoms with Gasteiger partial charge in [0, 0.05) is 18.2 Å². The lowest BCUT2D eigenvalue weighted by molar-refractivity contribution is -0.186. The molecule has 220 valence electrons. The average molecular weight is 572 g/mol. The van der Waals surface area contributed by atoms with Crippen molar-refractivity contribution in [1.29, 1.82) is 0 Å². The molecule has 0 saturated carbocycles. The predicted molar refractivity (Wildman–Crippen MR) is 145 cm³/mol. The molecule has 3 heterocycles. The predicted octanol–water partition coefficient (Wildman–Crippen LogP) is 1.60. The number of aryl methyl sites for hydroxylation is 2. The molecule has 3 unspecified atom stereocenters. The van der Waals surface area contributed by atoms with E-state index in [1.807, 2.05) is 13.8 Å². The molecule has 14 nitrogen and oxygen atoms in total. The number of hydrogen-bond acceptors (Lipinski definition) is 10. The van der Waals surface area contributed by atoms with Crippen molar-refractivity contribution < 1.29 is 38.4 Å². The van der Waals surface area contributed by atoms with E-state index in [4.69, 9.17) is 29.8 Å². The molecule has 0 bridgehead atoms. The molecule has 0 spiro atoms. The highest BCUT2D eigenvalue weighted by Gasteiger charge is 2.44. The Labute approximate surface area is 234 Å². The van der Waals surface area contributed by atoms with E-state index in [0.717, 1.165) is 11.1 Å². The molecular formula is C27H33N5O9. The van der Waals surface area contributed by atoms with Crippen LogP contribution in [-0.4, -0.2) is 68.9 Å². The Morgan fingerprint density at radius 3 is 2.51 bits per heavy atom. The van der Waals surface area contributed by atoms with Gasteiger partial charge in [0.15, 0.2) is 0 Å². The Morgan fingerprint density at radius 2 is 1.83 bits per heavy atom. The number of anilines is 1. The Bertz CT molecular complexity index is 1450. The summed E-state index contributed by atoms with van der Waals surface area (Å²) in [4.78, 5) is 58.6. The molecule has 0 aliphatic carbocycles. The van der Waals surface area contributed by atoms with E-state index in [0.29, 0.717) is 23.9 Å². The maximum Gasteiger partial charge on any atom is 0.330 e. The van der Waals surface area contributed by atoms with Crippen LogP contribution < -0.4 is 16.6 Å². The number of epoxide rings is 1. The zero-order valence-corrected chi connectivity index (χ0v) is 22.8. The Morgan fingerprint density at radius 1 is 1.12 bits per heavy atom. The van der Waals surface area contributed by atoms with Crippen molar-refractivity contribution in [2.24, 2.45) is 0 Å². The number of amides is 1. The molecular weight excluding hydrogens is 538 g/mol. The molecule has 41 heavy (non-hydrogen) atoms. The summed E-state index contributed by atoms with van der Waals surface area (Å²) in [6, 6.07) is 5.50. The summed E-state index contributed by atoms with van der Waals surface area (Å²) in [7, 11) is 0. The summed E-state index contributed by atoms with van der Waals surface area (Å²) < 4.78 is 21.4. The van der Waals surface area contributed by atoms with E-state index in [-0.39, 0.29) is 36.0 Å². The van der Waals surface area contributed by atoms with Gasteiger partial charge in [-0.2, -0.15) is 4.98 Å². The summed E-state index contributed by atoms with van der Waals surface area (Å²) in [6.07, 6.45) is -0.0153. The average Bonchev–Trinajstić information content (AvgIpc) is 3.46. The standard InChI is InChI=1S/C27H33N5O9/c1-13(2)38-25-26(41-25)40-14(3)39-24(37)18(10-11-19(33)34)30-22(35)16-7-4-15(5-8-16)6-9-17-12-29-21-20(17)23(36)32-27(28)31-21/h4-5,7-8,12-14,18,25-26H,6,9-11H2,1-3H3,(H,30,35)(H,33,34)(H4,28,29,31,32,36)/t14?,18-,25?,26?/m0/s1. The Kier molecular flexibility index (Phi) is 9.37. The molecule has 1 amide bonds. The third-order valence-electron chi connectivity index (χ3n) is 6.21. The van der Waals surface area contributed by atoms with E-state index in [2.05, 4.69) is 20.3 Å². The van der Waals surface area contributed by atoms with Crippen LogP contribution in [0.5, 0.6) is 0 Å². The minimum absolute atomic E-state index is 0.0317. The molecule has 6 N–H and O–H groups in total. The third kappa shape index (κ3) is 8.13. The minimum Gasteiger partial charge on any atom is -0.481 e. The first-order valence-electron chi connectivity index (χ1n) is 13.1. The lowest BCUT2D eigenvalue weighted by atomic mass is 10.0. The zero-order valence-electron chi connectivity index (χ0n) is 22.8. The van der Waals surface area contributed by atoms with Crippen LogP contribution in [0.3, 0.4) is 0 Å². The third-order valence-corrected chi connectivity index (χ3v) is 6.21. The van der Waals surface area contributed by atoms with Gasteiger partial charge in [-0.15, -0.1) is 0 Å². The quantitative estimate of drug-likeness (QED) is 0.106. The van der Waals surface area contributed by atoms with Crippen LogP contribution in [-0.2, 0) is 41.4 Å². The van der Waals surface area contributed by atoms with Crippen LogP contribution in [0, 0.1) is 0 Å². The number of rotatable bonds is 14. The molecule has 4 atom stereocenters. The highest BCUT2D eigenvalue weighted by atomic mass is 16.9. The van der Waals surface area contributed by atoms with Crippen LogP contribution in [0.15, 0.2) is 35.3 Å². The normalized spacial score (nSPS) is 17.8. The number of esters is 1. The zero-order chi connectivity index (χ0) is 29.7. The minimum atomic E-state index is -1.21. The van der Waals surface area contributed by atoms with Gasteiger partial charge in [0.2, 0.25) is 24.8 Å². The fourth-order valence-corrected chi connectivity index (χ4v) is 4.19. The highest BCUT2D eigenvalue weighted by molar-refractivity contribution is 5.96. The first-order chi connectivity index (χ1) is 19.5. The highest BCUT2D eigenvalue weighted by Crippen LogP contribution is 2.27. The van der Waals surface area contributed by atoms with Crippen molar-refractivity contribution >= 4 is 34.8 Å². The number of aromatic nitrogens is 3. The van der Waals surface area contributed by atoms with Crippen LogP contribution in [0.4, 0.5) is 5.95 Å². The number of nitrogens with two attached hydrogens (primary N) is 1. The van der Waals surface area contributed by atoms with Crippen LogP contribution in [0.2, 0.25) is 0 Å². The second kappa shape index (κ2) is 12.9.